The molecule has 0 aliphatic heterocycles. The van der Waals surface area contributed by atoms with E-state index in [-0.39, 0.29) is 21.8 Å². The van der Waals surface area contributed by atoms with E-state index in [4.69, 9.17) is 34.8 Å². The van der Waals surface area contributed by atoms with Crippen LogP contribution in [0.1, 0.15) is 33.0 Å². The second-order valence-corrected chi connectivity index (χ2v) is 11.4. The van der Waals surface area contributed by atoms with E-state index < -0.39 is 86.4 Å². The van der Waals surface area contributed by atoms with Crippen molar-refractivity contribution >= 4 is 69.6 Å². The lowest BCUT2D eigenvalue weighted by atomic mass is 10.0. The zero-order valence-corrected chi connectivity index (χ0v) is 23.9. The van der Waals surface area contributed by atoms with Gasteiger partial charge in [0.25, 0.3) is 11.8 Å². The summed E-state index contributed by atoms with van der Waals surface area (Å²) in [6.07, 6.45) is -8.54. The fourth-order valence-corrected chi connectivity index (χ4v) is 5.38. The van der Waals surface area contributed by atoms with Crippen LogP contribution < -0.4 is 16.0 Å². The third-order valence-corrected chi connectivity index (χ3v) is 7.86. The number of rotatable bonds is 7. The highest BCUT2D eigenvalue weighted by atomic mass is 35.5. The van der Waals surface area contributed by atoms with E-state index in [1.54, 1.807) is 5.32 Å². The molecule has 0 unspecified atom stereocenters. The van der Waals surface area contributed by atoms with Gasteiger partial charge in [-0.3, -0.25) is 14.4 Å². The molecule has 0 bridgehead atoms. The standard InChI is InChI=1S/C27H16Cl3F8N3O3/c1-9-20(32)16(8-17(21(9)33)41-25(44)22(34)35)40-23(42)12-7-11(3-4-14(12)28)39-24(43)19-18(26(19,29)30)10-2-5-15(31)13(6-10)27(36,37)38/h2-8,18-19,22H,1H3,(H,39,43)(H,40,42)(H,41,44)/t18-,19+/m0/s1. The first kappa shape index (κ1) is 33.3. The average molecular weight is 689 g/mol. The molecule has 0 aromatic heterocycles. The summed E-state index contributed by atoms with van der Waals surface area (Å²) < 4.78 is 106. The lowest BCUT2D eigenvalue weighted by Crippen LogP contribution is -2.22. The fourth-order valence-electron chi connectivity index (χ4n) is 4.35. The van der Waals surface area contributed by atoms with E-state index in [2.05, 4.69) is 10.6 Å². The molecule has 0 radical (unpaired) electrons. The zero-order valence-electron chi connectivity index (χ0n) is 21.7. The number of amides is 3. The van der Waals surface area contributed by atoms with E-state index in [9.17, 15) is 49.5 Å². The van der Waals surface area contributed by atoms with Gasteiger partial charge in [0.1, 0.15) is 10.2 Å². The molecule has 234 valence electrons. The Morgan fingerprint density at radius 1 is 0.886 bits per heavy atom. The van der Waals surface area contributed by atoms with Crippen molar-refractivity contribution in [2.45, 2.75) is 29.8 Å². The van der Waals surface area contributed by atoms with Crippen molar-refractivity contribution in [3.63, 3.8) is 0 Å². The minimum Gasteiger partial charge on any atom is -0.326 e. The third-order valence-electron chi connectivity index (χ3n) is 6.59. The second-order valence-electron chi connectivity index (χ2n) is 9.52. The van der Waals surface area contributed by atoms with Crippen LogP contribution in [-0.4, -0.2) is 28.5 Å². The quantitative estimate of drug-likeness (QED) is 0.173. The topological polar surface area (TPSA) is 87.3 Å². The zero-order chi connectivity index (χ0) is 32.9. The smallest absolute Gasteiger partial charge is 0.326 e. The number of hydrogen-bond donors (Lipinski definition) is 3. The van der Waals surface area contributed by atoms with Gasteiger partial charge in [0.05, 0.1) is 33.4 Å². The number of benzene rings is 3. The van der Waals surface area contributed by atoms with Crippen LogP contribution in [0.3, 0.4) is 0 Å². The Labute approximate surface area is 257 Å². The fraction of sp³-hybridized carbons (Fsp3) is 0.222. The van der Waals surface area contributed by atoms with Gasteiger partial charge in [-0.15, -0.1) is 23.2 Å². The molecule has 0 saturated heterocycles. The largest absolute Gasteiger partial charge is 0.419 e. The summed E-state index contributed by atoms with van der Waals surface area (Å²) in [6.45, 7) is 0.927. The molecule has 1 aliphatic rings. The van der Waals surface area contributed by atoms with E-state index >= 15 is 0 Å². The Hall–Kier alpha value is -3.62. The number of nitrogens with one attached hydrogen (secondary N) is 3. The summed E-state index contributed by atoms with van der Waals surface area (Å²) in [7, 11) is 0. The predicted octanol–water partition coefficient (Wildman–Crippen LogP) is 8.07. The van der Waals surface area contributed by atoms with Gasteiger partial charge in [-0.05, 0) is 48.9 Å². The number of carbonyl (C=O) groups is 3. The summed E-state index contributed by atoms with van der Waals surface area (Å²) in [5.41, 5.74) is -4.45. The van der Waals surface area contributed by atoms with Gasteiger partial charge >= 0.3 is 12.6 Å². The van der Waals surface area contributed by atoms with Gasteiger partial charge in [0.2, 0.25) is 5.91 Å². The monoisotopic (exact) mass is 687 g/mol. The van der Waals surface area contributed by atoms with E-state index in [1.165, 1.54) is 6.07 Å². The molecule has 0 heterocycles. The molecule has 2 atom stereocenters. The Kier molecular flexibility index (Phi) is 9.11. The van der Waals surface area contributed by atoms with Crippen molar-refractivity contribution in [2.24, 2.45) is 5.92 Å². The van der Waals surface area contributed by atoms with Gasteiger partial charge in [-0.1, -0.05) is 17.7 Å². The van der Waals surface area contributed by atoms with Crippen LogP contribution in [0, 0.1) is 30.3 Å². The molecular weight excluding hydrogens is 673 g/mol. The van der Waals surface area contributed by atoms with Crippen molar-refractivity contribution < 1.29 is 49.5 Å². The van der Waals surface area contributed by atoms with Crippen molar-refractivity contribution in [3.05, 3.63) is 87.2 Å². The molecule has 17 heteroatoms. The van der Waals surface area contributed by atoms with Crippen LogP contribution in [-0.2, 0) is 15.8 Å². The van der Waals surface area contributed by atoms with Crippen molar-refractivity contribution in [2.75, 3.05) is 16.0 Å². The number of alkyl halides is 7. The maximum Gasteiger partial charge on any atom is 0.419 e. The first-order valence-electron chi connectivity index (χ1n) is 12.1. The lowest BCUT2D eigenvalue weighted by Gasteiger charge is -2.14. The Morgan fingerprint density at radius 2 is 1.50 bits per heavy atom. The SMILES string of the molecule is Cc1c(F)c(NC(=O)c2cc(NC(=O)[C@H]3[C@H](c4ccc(F)c(C(F)(F)F)c4)C3(Cl)Cl)ccc2Cl)cc(NC(=O)C(F)F)c1F. The summed E-state index contributed by atoms with van der Waals surface area (Å²) in [5, 5.41) is 5.82. The van der Waals surface area contributed by atoms with Crippen LogP contribution in [0.5, 0.6) is 0 Å². The molecule has 4 rings (SSSR count). The molecule has 1 fully saturated rings. The van der Waals surface area contributed by atoms with Gasteiger partial charge in [0, 0.05) is 17.2 Å². The summed E-state index contributed by atoms with van der Waals surface area (Å²) >= 11 is 18.5. The molecule has 1 saturated carbocycles. The van der Waals surface area contributed by atoms with Gasteiger partial charge in [-0.25, -0.2) is 13.2 Å². The van der Waals surface area contributed by atoms with Crippen molar-refractivity contribution in [3.8, 4) is 0 Å². The highest BCUT2D eigenvalue weighted by Gasteiger charge is 2.67. The van der Waals surface area contributed by atoms with Crippen molar-refractivity contribution in [1.82, 2.24) is 0 Å². The minimum absolute atomic E-state index is 0.0879. The molecule has 3 aromatic carbocycles. The number of anilines is 3. The van der Waals surface area contributed by atoms with Crippen LogP contribution in [0.15, 0.2) is 42.5 Å². The maximum absolute atomic E-state index is 14.7. The normalized spacial score (nSPS) is 17.3. The van der Waals surface area contributed by atoms with Gasteiger partial charge < -0.3 is 16.0 Å². The second kappa shape index (κ2) is 12.1. The van der Waals surface area contributed by atoms with Crippen LogP contribution in [0.4, 0.5) is 52.2 Å². The molecule has 3 N–H and O–H groups in total. The first-order valence-corrected chi connectivity index (χ1v) is 13.2. The third kappa shape index (κ3) is 6.57. The number of carbonyl (C=O) groups excluding carboxylic acids is 3. The molecule has 6 nitrogen and oxygen atoms in total. The summed E-state index contributed by atoms with van der Waals surface area (Å²) in [5.74, 6) is -10.5. The lowest BCUT2D eigenvalue weighted by molar-refractivity contribution is -0.140. The Morgan fingerprint density at radius 3 is 2.09 bits per heavy atom. The highest BCUT2D eigenvalue weighted by Crippen LogP contribution is 2.65. The van der Waals surface area contributed by atoms with E-state index in [1.807, 2.05) is 0 Å². The molecular formula is C27H16Cl3F8N3O3. The molecule has 3 amide bonds. The van der Waals surface area contributed by atoms with E-state index in [0.29, 0.717) is 18.2 Å². The number of hydrogen-bond acceptors (Lipinski definition) is 3. The summed E-state index contributed by atoms with van der Waals surface area (Å²) in [6, 6.07) is 6.07. The first-order chi connectivity index (χ1) is 20.3. The highest BCUT2D eigenvalue weighted by molar-refractivity contribution is 6.53. The van der Waals surface area contributed by atoms with Crippen molar-refractivity contribution in [1.29, 1.82) is 0 Å². The predicted molar refractivity (Wildman–Crippen MR) is 146 cm³/mol. The average Bonchev–Trinajstić information content (AvgIpc) is 3.52. The number of halogens is 11. The van der Waals surface area contributed by atoms with E-state index in [0.717, 1.165) is 25.1 Å². The van der Waals surface area contributed by atoms with Crippen LogP contribution >= 0.6 is 34.8 Å². The molecule has 44 heavy (non-hydrogen) atoms. The Bertz CT molecular complexity index is 1680. The molecule has 0 spiro atoms. The maximum atomic E-state index is 14.7. The Balaban J connectivity index is 1.55. The molecule has 1 aliphatic carbocycles. The molecule has 3 aromatic rings. The van der Waals surface area contributed by atoms with Crippen LogP contribution in [0.2, 0.25) is 5.02 Å². The van der Waals surface area contributed by atoms with Gasteiger partial charge in [-0.2, -0.15) is 22.0 Å². The van der Waals surface area contributed by atoms with Crippen LogP contribution in [0.25, 0.3) is 0 Å². The summed E-state index contributed by atoms with van der Waals surface area (Å²) in [4.78, 5) is 37.2. The minimum atomic E-state index is -5.02. The van der Waals surface area contributed by atoms with Gasteiger partial charge in [0.15, 0.2) is 11.6 Å².